The van der Waals surface area contributed by atoms with Gasteiger partial charge in [-0.1, -0.05) is 69.2 Å². The highest BCUT2D eigenvalue weighted by molar-refractivity contribution is 5.99. The molecule has 4 rings (SSSR count). The van der Waals surface area contributed by atoms with E-state index in [-0.39, 0.29) is 24.0 Å². The highest BCUT2D eigenvalue weighted by Gasteiger charge is 2.38. The van der Waals surface area contributed by atoms with Crippen LogP contribution in [0.15, 0.2) is 48.6 Å². The van der Waals surface area contributed by atoms with E-state index in [9.17, 15) is 23.1 Å². The number of phenolic OH excluding ortho intramolecular Hbond substituents is 1. The van der Waals surface area contributed by atoms with Crippen LogP contribution in [-0.2, 0) is 19.0 Å². The van der Waals surface area contributed by atoms with Crippen LogP contribution < -0.4 is 0 Å². The molecule has 2 aliphatic rings. The third-order valence-corrected chi connectivity index (χ3v) is 9.32. The van der Waals surface area contributed by atoms with Crippen molar-refractivity contribution in [3.8, 4) is 5.75 Å². The lowest BCUT2D eigenvalue weighted by Gasteiger charge is -2.29. The fourth-order valence-electron chi connectivity index (χ4n) is 6.85. The van der Waals surface area contributed by atoms with Crippen molar-refractivity contribution < 1.29 is 23.1 Å². The summed E-state index contributed by atoms with van der Waals surface area (Å²) in [4.78, 5) is 12.0. The molecule has 2 aromatic carbocycles. The van der Waals surface area contributed by atoms with Gasteiger partial charge in [0.1, 0.15) is 11.3 Å². The Kier molecular flexibility index (Phi) is 10.5. The Morgan fingerprint density at radius 1 is 0.850 bits per heavy atom. The van der Waals surface area contributed by atoms with Gasteiger partial charge < -0.3 is 5.11 Å². The summed E-state index contributed by atoms with van der Waals surface area (Å²) in [6.07, 6.45) is 13.9. The molecule has 2 fully saturated rings. The van der Waals surface area contributed by atoms with Crippen LogP contribution in [0.3, 0.4) is 0 Å². The standard InChI is InChI=1S/C35H45F3O2/c1-3-5-24-6-8-25(9-7-24)10-11-26-12-17-28(18-13-26)29-19-14-27(15-20-29)16-21-30-22-23-31(32(39)4-2)34(40)33(30)35(36,37)38/h10-11,14-15,19-20,22-26,28,40H,3-9,12-13,16-18,21H2,1-2H3/b11-10+. The van der Waals surface area contributed by atoms with Gasteiger partial charge in [0.25, 0.3) is 0 Å². The number of hydrogen-bond donors (Lipinski definition) is 1. The third-order valence-electron chi connectivity index (χ3n) is 9.32. The summed E-state index contributed by atoms with van der Waals surface area (Å²) in [5, 5.41) is 10.3. The molecule has 218 valence electrons. The van der Waals surface area contributed by atoms with Crippen molar-refractivity contribution in [2.45, 2.75) is 109 Å². The van der Waals surface area contributed by atoms with Crippen molar-refractivity contribution in [2.24, 2.45) is 17.8 Å². The number of hydrogen-bond acceptors (Lipinski definition) is 2. The highest BCUT2D eigenvalue weighted by Crippen LogP contribution is 2.41. The molecule has 2 aromatic rings. The molecule has 2 nitrogen and oxygen atoms in total. The van der Waals surface area contributed by atoms with Gasteiger partial charge in [-0.2, -0.15) is 13.2 Å². The van der Waals surface area contributed by atoms with Crippen LogP contribution in [0.5, 0.6) is 5.75 Å². The molecule has 1 N–H and O–H groups in total. The maximum Gasteiger partial charge on any atom is 0.420 e. The Balaban J connectivity index is 1.29. The van der Waals surface area contributed by atoms with E-state index in [1.54, 1.807) is 6.92 Å². The van der Waals surface area contributed by atoms with Crippen LogP contribution in [0, 0.1) is 17.8 Å². The minimum absolute atomic E-state index is 0.0158. The van der Waals surface area contributed by atoms with Crippen molar-refractivity contribution in [3.05, 3.63) is 76.4 Å². The molecular weight excluding hydrogens is 509 g/mol. The number of ketones is 1. The summed E-state index contributed by atoms with van der Waals surface area (Å²) < 4.78 is 41.3. The van der Waals surface area contributed by atoms with E-state index >= 15 is 0 Å². The summed E-state index contributed by atoms with van der Waals surface area (Å²) in [5.74, 6) is 1.50. The molecular formula is C35H45F3O2. The molecule has 0 bridgehead atoms. The number of benzene rings is 2. The van der Waals surface area contributed by atoms with E-state index in [2.05, 4.69) is 31.2 Å². The number of carbonyl (C=O) groups excluding carboxylic acids is 1. The molecule has 0 unspecified atom stereocenters. The summed E-state index contributed by atoms with van der Waals surface area (Å²) in [7, 11) is 0. The smallest absolute Gasteiger partial charge is 0.420 e. The normalized spacial score (nSPS) is 23.9. The Bertz CT molecular complexity index is 1130. The number of halogens is 3. The maximum absolute atomic E-state index is 13.8. The molecule has 2 saturated carbocycles. The fourth-order valence-corrected chi connectivity index (χ4v) is 6.85. The minimum atomic E-state index is -4.73. The number of rotatable bonds is 10. The van der Waals surface area contributed by atoms with Crippen LogP contribution in [0.25, 0.3) is 0 Å². The first-order chi connectivity index (χ1) is 19.2. The Hall–Kier alpha value is -2.56. The van der Waals surface area contributed by atoms with Crippen LogP contribution >= 0.6 is 0 Å². The van der Waals surface area contributed by atoms with Gasteiger partial charge >= 0.3 is 6.18 Å². The largest absolute Gasteiger partial charge is 0.507 e. The topological polar surface area (TPSA) is 37.3 Å². The van der Waals surface area contributed by atoms with Gasteiger partial charge in [-0.15, -0.1) is 0 Å². The number of allylic oxidation sites excluding steroid dienone is 2. The summed E-state index contributed by atoms with van der Waals surface area (Å²) in [6.45, 7) is 3.86. The number of phenols is 1. The van der Waals surface area contributed by atoms with Crippen molar-refractivity contribution in [1.82, 2.24) is 0 Å². The molecule has 2 aliphatic carbocycles. The predicted octanol–water partition coefficient (Wildman–Crippen LogP) is 10.2. The monoisotopic (exact) mass is 554 g/mol. The number of carbonyl (C=O) groups is 1. The Morgan fingerprint density at radius 2 is 1.45 bits per heavy atom. The Morgan fingerprint density at radius 3 is 2.00 bits per heavy atom. The van der Waals surface area contributed by atoms with Crippen LogP contribution in [0.1, 0.15) is 123 Å². The zero-order valence-corrected chi connectivity index (χ0v) is 24.1. The lowest BCUT2D eigenvalue weighted by molar-refractivity contribution is -0.139. The molecule has 0 radical (unpaired) electrons. The number of aromatic hydroxyl groups is 1. The Labute approximate surface area is 238 Å². The van der Waals surface area contributed by atoms with Crippen molar-refractivity contribution in [2.75, 3.05) is 0 Å². The predicted molar refractivity (Wildman–Crippen MR) is 156 cm³/mol. The second-order valence-electron chi connectivity index (χ2n) is 12.1. The zero-order valence-electron chi connectivity index (χ0n) is 24.1. The molecule has 0 spiro atoms. The molecule has 0 heterocycles. The maximum atomic E-state index is 13.8. The molecule has 0 saturated heterocycles. The highest BCUT2D eigenvalue weighted by atomic mass is 19.4. The van der Waals surface area contributed by atoms with Crippen molar-refractivity contribution in [1.29, 1.82) is 0 Å². The molecule has 5 heteroatoms. The second kappa shape index (κ2) is 13.9. The van der Waals surface area contributed by atoms with Crippen LogP contribution in [-0.4, -0.2) is 10.9 Å². The first-order valence-electron chi connectivity index (χ1n) is 15.4. The van der Waals surface area contributed by atoms with E-state index in [4.69, 9.17) is 0 Å². The van der Waals surface area contributed by atoms with E-state index in [1.807, 2.05) is 12.1 Å². The third kappa shape index (κ3) is 7.79. The number of alkyl halides is 3. The second-order valence-corrected chi connectivity index (χ2v) is 12.1. The fraction of sp³-hybridized carbons (Fsp3) is 0.571. The van der Waals surface area contributed by atoms with Gasteiger partial charge in [-0.25, -0.2) is 0 Å². The quantitative estimate of drug-likeness (QED) is 0.234. The van der Waals surface area contributed by atoms with E-state index in [1.165, 1.54) is 81.9 Å². The van der Waals surface area contributed by atoms with Crippen molar-refractivity contribution >= 4 is 5.78 Å². The minimum Gasteiger partial charge on any atom is -0.507 e. The van der Waals surface area contributed by atoms with E-state index in [0.717, 1.165) is 17.4 Å². The summed E-state index contributed by atoms with van der Waals surface area (Å²) >= 11 is 0. The number of aryl methyl sites for hydroxylation is 2. The van der Waals surface area contributed by atoms with E-state index < -0.39 is 23.3 Å². The summed E-state index contributed by atoms with van der Waals surface area (Å²) in [5.41, 5.74) is 0.954. The van der Waals surface area contributed by atoms with Gasteiger partial charge in [0.2, 0.25) is 0 Å². The molecule has 0 aromatic heterocycles. The van der Waals surface area contributed by atoms with Crippen LogP contribution in [0.4, 0.5) is 13.2 Å². The lowest BCUT2D eigenvalue weighted by atomic mass is 9.77. The SMILES string of the molecule is CCCC1CCC(/C=C/C2CCC(c3ccc(CCc4ccc(C(=O)CC)c(O)c4C(F)(F)F)cc3)CC2)CC1. The molecule has 40 heavy (non-hydrogen) atoms. The van der Waals surface area contributed by atoms with E-state index in [0.29, 0.717) is 18.3 Å². The molecule has 0 atom stereocenters. The number of Topliss-reactive ketones (excluding diaryl/α,β-unsaturated/α-hetero) is 1. The van der Waals surface area contributed by atoms with Gasteiger partial charge in [0.15, 0.2) is 5.78 Å². The first-order valence-corrected chi connectivity index (χ1v) is 15.4. The zero-order chi connectivity index (χ0) is 28.7. The van der Waals surface area contributed by atoms with Gasteiger partial charge in [0, 0.05) is 6.42 Å². The van der Waals surface area contributed by atoms with Crippen molar-refractivity contribution in [3.63, 3.8) is 0 Å². The molecule has 0 aliphatic heterocycles. The van der Waals surface area contributed by atoms with Gasteiger partial charge in [0.05, 0.1) is 5.56 Å². The molecule has 0 amide bonds. The average Bonchev–Trinajstić information content (AvgIpc) is 2.95. The summed E-state index contributed by atoms with van der Waals surface area (Å²) in [6, 6.07) is 11.0. The van der Waals surface area contributed by atoms with Crippen LogP contribution in [0.2, 0.25) is 0 Å². The van der Waals surface area contributed by atoms with Gasteiger partial charge in [-0.3, -0.25) is 4.79 Å². The average molecular weight is 555 g/mol. The van der Waals surface area contributed by atoms with Gasteiger partial charge in [-0.05, 0) is 111 Å². The lowest BCUT2D eigenvalue weighted by Crippen LogP contribution is -2.14. The first kappa shape index (κ1) is 30.4.